The van der Waals surface area contributed by atoms with E-state index in [1.165, 1.54) is 36.4 Å². The fourth-order valence-corrected chi connectivity index (χ4v) is 3.18. The third kappa shape index (κ3) is 2.81. The first-order valence-corrected chi connectivity index (χ1v) is 7.96. The van der Waals surface area contributed by atoms with Crippen LogP contribution in [0.2, 0.25) is 0 Å². The molecule has 1 saturated carbocycles. The fourth-order valence-electron chi connectivity index (χ4n) is 3.18. The number of rotatable bonds is 2. The summed E-state index contributed by atoms with van der Waals surface area (Å²) in [5.74, 6) is -0.209. The van der Waals surface area contributed by atoms with Gasteiger partial charge in [-0.25, -0.2) is 15.0 Å². The third-order valence-electron chi connectivity index (χ3n) is 4.54. The van der Waals surface area contributed by atoms with Crippen molar-refractivity contribution in [2.75, 3.05) is 13.1 Å². The van der Waals surface area contributed by atoms with Crippen molar-refractivity contribution in [1.82, 2.24) is 19.9 Å². The number of carbonyl (C=O) groups excluding carboxylic acids is 1. The van der Waals surface area contributed by atoms with E-state index >= 15 is 0 Å². The van der Waals surface area contributed by atoms with E-state index in [1.54, 1.807) is 17.3 Å². The van der Waals surface area contributed by atoms with Crippen LogP contribution < -0.4 is 0 Å². The van der Waals surface area contributed by atoms with Gasteiger partial charge in [0.25, 0.3) is 5.91 Å². The van der Waals surface area contributed by atoms with Gasteiger partial charge in [0.15, 0.2) is 0 Å². The highest BCUT2D eigenvalue weighted by atomic mass is 19.1. The van der Waals surface area contributed by atoms with E-state index in [4.69, 9.17) is 0 Å². The van der Waals surface area contributed by atoms with E-state index in [1.807, 2.05) is 0 Å². The summed E-state index contributed by atoms with van der Waals surface area (Å²) in [5.41, 5.74) is 3.78. The number of hydrogen-bond acceptors (Lipinski definition) is 4. The lowest BCUT2D eigenvalue weighted by molar-refractivity contribution is 0.0762. The van der Waals surface area contributed by atoms with Gasteiger partial charge in [0, 0.05) is 48.9 Å². The Morgan fingerprint density at radius 3 is 2.78 bits per heavy atom. The molecule has 1 amide bonds. The van der Waals surface area contributed by atoms with Gasteiger partial charge in [0.1, 0.15) is 6.33 Å². The number of fused-ring (bicyclic) bond motifs is 1. The van der Waals surface area contributed by atoms with Gasteiger partial charge in [-0.2, -0.15) is 4.39 Å². The SMILES string of the molecule is O=C(c1ccnc(F)c1)N1CCc2ncnc(C3CC3)c2CC1. The number of pyridine rings is 1. The number of amides is 1. The molecule has 3 heterocycles. The van der Waals surface area contributed by atoms with Gasteiger partial charge in [-0.3, -0.25) is 4.79 Å². The molecule has 0 saturated heterocycles. The Bertz CT molecular complexity index is 760. The second-order valence-electron chi connectivity index (χ2n) is 6.12. The molecule has 23 heavy (non-hydrogen) atoms. The van der Waals surface area contributed by atoms with Crippen molar-refractivity contribution in [2.24, 2.45) is 0 Å². The molecule has 1 aliphatic carbocycles. The van der Waals surface area contributed by atoms with Gasteiger partial charge in [-0.15, -0.1) is 0 Å². The van der Waals surface area contributed by atoms with Gasteiger partial charge in [-0.1, -0.05) is 0 Å². The number of nitrogens with zero attached hydrogens (tertiary/aromatic N) is 4. The number of hydrogen-bond donors (Lipinski definition) is 0. The summed E-state index contributed by atoms with van der Waals surface area (Å²) < 4.78 is 13.2. The molecule has 6 heteroatoms. The molecule has 2 aromatic rings. The summed E-state index contributed by atoms with van der Waals surface area (Å²) in [6.07, 6.45) is 6.84. The zero-order chi connectivity index (χ0) is 15.8. The molecule has 0 radical (unpaired) electrons. The highest BCUT2D eigenvalue weighted by Crippen LogP contribution is 2.41. The molecule has 118 valence electrons. The average molecular weight is 312 g/mol. The van der Waals surface area contributed by atoms with E-state index in [-0.39, 0.29) is 5.91 Å². The maximum Gasteiger partial charge on any atom is 0.254 e. The van der Waals surface area contributed by atoms with Crippen LogP contribution in [0.15, 0.2) is 24.7 Å². The van der Waals surface area contributed by atoms with Crippen molar-refractivity contribution in [1.29, 1.82) is 0 Å². The Balaban J connectivity index is 1.56. The lowest BCUT2D eigenvalue weighted by atomic mass is 10.0. The maximum atomic E-state index is 13.2. The van der Waals surface area contributed by atoms with E-state index in [2.05, 4.69) is 15.0 Å². The Hall–Kier alpha value is -2.37. The summed E-state index contributed by atoms with van der Waals surface area (Å²) in [4.78, 5) is 26.7. The van der Waals surface area contributed by atoms with Crippen molar-refractivity contribution < 1.29 is 9.18 Å². The zero-order valence-electron chi connectivity index (χ0n) is 12.7. The molecule has 0 bridgehead atoms. The normalized spacial score (nSPS) is 17.5. The zero-order valence-corrected chi connectivity index (χ0v) is 12.7. The van der Waals surface area contributed by atoms with E-state index in [0.29, 0.717) is 24.6 Å². The van der Waals surface area contributed by atoms with Crippen LogP contribution in [-0.2, 0) is 12.8 Å². The van der Waals surface area contributed by atoms with Crippen LogP contribution in [0.3, 0.4) is 0 Å². The molecular formula is C17H17FN4O. The molecule has 1 aliphatic heterocycles. The molecule has 2 aromatic heterocycles. The number of halogens is 1. The molecule has 0 N–H and O–H groups in total. The molecule has 0 unspecified atom stereocenters. The summed E-state index contributed by atoms with van der Waals surface area (Å²) in [5, 5.41) is 0. The van der Waals surface area contributed by atoms with Crippen molar-refractivity contribution in [2.45, 2.75) is 31.6 Å². The van der Waals surface area contributed by atoms with Gasteiger partial charge in [0.2, 0.25) is 5.95 Å². The fraction of sp³-hybridized carbons (Fsp3) is 0.412. The predicted octanol–water partition coefficient (Wildman–Crippen LogP) is 2.13. The maximum absolute atomic E-state index is 13.2. The molecule has 1 fully saturated rings. The molecular weight excluding hydrogens is 295 g/mol. The highest BCUT2D eigenvalue weighted by Gasteiger charge is 2.30. The van der Waals surface area contributed by atoms with Gasteiger partial charge in [-0.05, 0) is 30.9 Å². The topological polar surface area (TPSA) is 59.0 Å². The van der Waals surface area contributed by atoms with E-state index in [0.717, 1.165) is 18.5 Å². The Kier molecular flexibility index (Phi) is 3.52. The minimum atomic E-state index is -0.629. The van der Waals surface area contributed by atoms with Crippen molar-refractivity contribution >= 4 is 5.91 Å². The third-order valence-corrected chi connectivity index (χ3v) is 4.54. The van der Waals surface area contributed by atoms with Crippen LogP contribution in [-0.4, -0.2) is 38.8 Å². The Labute approximate surface area is 133 Å². The average Bonchev–Trinajstić information content (AvgIpc) is 3.40. The monoisotopic (exact) mass is 312 g/mol. The summed E-state index contributed by atoms with van der Waals surface area (Å²) >= 11 is 0. The standard InChI is InChI=1S/C17H17FN4O/c18-15-9-12(3-6-19-15)17(23)22-7-4-13-14(5-8-22)20-10-21-16(13)11-1-2-11/h3,6,9-11H,1-2,4-5,7-8H2. The van der Waals surface area contributed by atoms with Crippen LogP contribution in [0.4, 0.5) is 4.39 Å². The largest absolute Gasteiger partial charge is 0.338 e. The summed E-state index contributed by atoms with van der Waals surface area (Å²) in [6.45, 7) is 1.21. The van der Waals surface area contributed by atoms with Crippen molar-refractivity contribution in [3.05, 3.63) is 53.1 Å². The molecule has 0 aromatic carbocycles. The lowest BCUT2D eigenvalue weighted by Gasteiger charge is -2.20. The van der Waals surface area contributed by atoms with Gasteiger partial charge < -0.3 is 4.90 Å². The summed E-state index contributed by atoms with van der Waals surface area (Å²) in [6, 6.07) is 2.74. The van der Waals surface area contributed by atoms with Crippen molar-refractivity contribution in [3.63, 3.8) is 0 Å². The minimum absolute atomic E-state index is 0.153. The molecule has 0 spiro atoms. The lowest BCUT2D eigenvalue weighted by Crippen LogP contribution is -2.33. The van der Waals surface area contributed by atoms with Gasteiger partial charge in [0.05, 0.1) is 5.69 Å². The van der Waals surface area contributed by atoms with Crippen LogP contribution in [0, 0.1) is 5.95 Å². The predicted molar refractivity (Wildman–Crippen MR) is 81.5 cm³/mol. The van der Waals surface area contributed by atoms with E-state index < -0.39 is 5.95 Å². The molecule has 4 rings (SSSR count). The first kappa shape index (κ1) is 14.2. The smallest absolute Gasteiger partial charge is 0.254 e. The highest BCUT2D eigenvalue weighted by molar-refractivity contribution is 5.94. The van der Waals surface area contributed by atoms with Crippen LogP contribution in [0.5, 0.6) is 0 Å². The summed E-state index contributed by atoms with van der Waals surface area (Å²) in [7, 11) is 0. The molecule has 5 nitrogen and oxygen atoms in total. The minimum Gasteiger partial charge on any atom is -0.338 e. The second-order valence-corrected chi connectivity index (χ2v) is 6.12. The van der Waals surface area contributed by atoms with Crippen LogP contribution >= 0.6 is 0 Å². The molecule has 0 atom stereocenters. The molecule has 2 aliphatic rings. The Morgan fingerprint density at radius 1 is 1.17 bits per heavy atom. The quantitative estimate of drug-likeness (QED) is 0.797. The van der Waals surface area contributed by atoms with Gasteiger partial charge >= 0.3 is 0 Å². The van der Waals surface area contributed by atoms with E-state index in [9.17, 15) is 9.18 Å². The van der Waals surface area contributed by atoms with Crippen molar-refractivity contribution in [3.8, 4) is 0 Å². The Morgan fingerprint density at radius 2 is 2.00 bits per heavy atom. The first-order chi connectivity index (χ1) is 11.2. The number of aromatic nitrogens is 3. The van der Waals surface area contributed by atoms with Crippen LogP contribution in [0.1, 0.15) is 46.1 Å². The first-order valence-electron chi connectivity index (χ1n) is 7.96. The van der Waals surface area contributed by atoms with Crippen LogP contribution in [0.25, 0.3) is 0 Å². The number of carbonyl (C=O) groups is 1. The second kappa shape index (κ2) is 5.68.